The molecule has 1 heteroatoms. The van der Waals surface area contributed by atoms with E-state index in [4.69, 9.17) is 0 Å². The Morgan fingerprint density at radius 1 is 1.54 bits per heavy atom. The highest BCUT2D eigenvalue weighted by Gasteiger charge is 2.20. The molecule has 0 saturated heterocycles. The van der Waals surface area contributed by atoms with Gasteiger partial charge in [0, 0.05) is 6.54 Å². The number of hydrogen-bond donors (Lipinski definition) is 1. The molecule has 1 nitrogen and oxygen atoms in total. The molecule has 0 spiro atoms. The first-order valence-corrected chi connectivity index (χ1v) is 5.02. The Bertz CT molecular complexity index is 276. The van der Waals surface area contributed by atoms with E-state index in [0.29, 0.717) is 0 Å². The van der Waals surface area contributed by atoms with E-state index >= 15 is 0 Å². The summed E-state index contributed by atoms with van der Waals surface area (Å²) in [6, 6.07) is 9.27. The molecule has 1 aliphatic rings. The fraction of sp³-hybridized carbons (Fsp3) is 0.500. The maximum absolute atomic E-state index is 3.49. The van der Waals surface area contributed by atoms with Gasteiger partial charge in [0.05, 0.1) is 0 Å². The molecule has 1 radical (unpaired) electrons. The summed E-state index contributed by atoms with van der Waals surface area (Å²) in [5.41, 5.74) is 2.74. The Labute approximate surface area is 80.2 Å². The van der Waals surface area contributed by atoms with Gasteiger partial charge in [0.1, 0.15) is 0 Å². The van der Waals surface area contributed by atoms with Gasteiger partial charge in [-0.3, -0.25) is 0 Å². The first-order chi connectivity index (χ1) is 6.36. The van der Waals surface area contributed by atoms with Gasteiger partial charge in [0.15, 0.2) is 0 Å². The van der Waals surface area contributed by atoms with Crippen molar-refractivity contribution in [3.05, 3.63) is 35.4 Å². The SMILES string of the molecule is Cc1c[c]ccc1CNCC1CC1. The van der Waals surface area contributed by atoms with Crippen LogP contribution in [0.5, 0.6) is 0 Å². The van der Waals surface area contributed by atoms with Crippen LogP contribution < -0.4 is 5.32 Å². The first-order valence-electron chi connectivity index (χ1n) is 5.02. The molecular formula is C12H16N. The van der Waals surface area contributed by atoms with Crippen LogP contribution in [0, 0.1) is 18.9 Å². The largest absolute Gasteiger partial charge is 0.312 e. The van der Waals surface area contributed by atoms with Crippen LogP contribution in [0.1, 0.15) is 24.0 Å². The summed E-state index contributed by atoms with van der Waals surface area (Å²) in [6.45, 7) is 4.35. The topological polar surface area (TPSA) is 12.0 Å². The third kappa shape index (κ3) is 2.56. The van der Waals surface area contributed by atoms with Crippen molar-refractivity contribution in [1.82, 2.24) is 5.32 Å². The van der Waals surface area contributed by atoms with Crippen LogP contribution in [0.3, 0.4) is 0 Å². The van der Waals surface area contributed by atoms with Crippen LogP contribution in [0.25, 0.3) is 0 Å². The van der Waals surface area contributed by atoms with Crippen molar-refractivity contribution in [2.24, 2.45) is 5.92 Å². The van der Waals surface area contributed by atoms with E-state index < -0.39 is 0 Å². The molecule has 13 heavy (non-hydrogen) atoms. The van der Waals surface area contributed by atoms with Crippen molar-refractivity contribution in [3.63, 3.8) is 0 Å². The third-order valence-electron chi connectivity index (χ3n) is 2.63. The summed E-state index contributed by atoms with van der Waals surface area (Å²) < 4.78 is 0. The van der Waals surface area contributed by atoms with Gasteiger partial charge < -0.3 is 5.32 Å². The standard InChI is InChI=1S/C12H16N/c1-10-4-2-3-5-12(10)9-13-8-11-6-7-11/h3-5,11,13H,6-9H2,1H3. The lowest BCUT2D eigenvalue weighted by Gasteiger charge is -2.06. The van der Waals surface area contributed by atoms with Gasteiger partial charge in [-0.05, 0) is 49.4 Å². The van der Waals surface area contributed by atoms with E-state index in [9.17, 15) is 0 Å². The average molecular weight is 174 g/mol. The highest BCUT2D eigenvalue weighted by atomic mass is 14.9. The van der Waals surface area contributed by atoms with Crippen molar-refractivity contribution >= 4 is 0 Å². The minimum absolute atomic E-state index is 0.968. The molecule has 0 unspecified atom stereocenters. The second-order valence-electron chi connectivity index (χ2n) is 3.93. The molecule has 1 aromatic carbocycles. The van der Waals surface area contributed by atoms with Gasteiger partial charge in [-0.2, -0.15) is 0 Å². The fourth-order valence-electron chi connectivity index (χ4n) is 1.48. The fourth-order valence-corrected chi connectivity index (χ4v) is 1.48. The lowest BCUT2D eigenvalue weighted by molar-refractivity contribution is 0.637. The van der Waals surface area contributed by atoms with Crippen LogP contribution >= 0.6 is 0 Å². The Morgan fingerprint density at radius 3 is 3.08 bits per heavy atom. The number of hydrogen-bond acceptors (Lipinski definition) is 1. The molecule has 1 aromatic rings. The van der Waals surface area contributed by atoms with Crippen molar-refractivity contribution in [2.45, 2.75) is 26.3 Å². The van der Waals surface area contributed by atoms with Crippen molar-refractivity contribution in [3.8, 4) is 0 Å². The Balaban J connectivity index is 1.82. The maximum atomic E-state index is 3.49. The van der Waals surface area contributed by atoms with Crippen molar-refractivity contribution in [2.75, 3.05) is 6.54 Å². The molecule has 0 bridgehead atoms. The van der Waals surface area contributed by atoms with E-state index in [2.05, 4.69) is 24.4 Å². The van der Waals surface area contributed by atoms with Crippen LogP contribution in [0.4, 0.5) is 0 Å². The second-order valence-corrected chi connectivity index (χ2v) is 3.93. The van der Waals surface area contributed by atoms with Crippen molar-refractivity contribution in [1.29, 1.82) is 0 Å². The molecule has 1 saturated carbocycles. The Morgan fingerprint density at radius 2 is 2.38 bits per heavy atom. The molecule has 0 aliphatic heterocycles. The summed E-state index contributed by atoms with van der Waals surface area (Å²) in [5, 5.41) is 3.49. The van der Waals surface area contributed by atoms with Crippen LogP contribution in [-0.2, 0) is 6.54 Å². The summed E-state index contributed by atoms with van der Waals surface area (Å²) in [7, 11) is 0. The molecule has 1 N–H and O–H groups in total. The number of nitrogens with one attached hydrogen (secondary N) is 1. The summed E-state index contributed by atoms with van der Waals surface area (Å²) in [4.78, 5) is 0. The summed E-state index contributed by atoms with van der Waals surface area (Å²) >= 11 is 0. The lowest BCUT2D eigenvalue weighted by Crippen LogP contribution is -2.16. The van der Waals surface area contributed by atoms with Gasteiger partial charge in [0.25, 0.3) is 0 Å². The molecule has 1 fully saturated rings. The molecule has 0 amide bonds. The first kappa shape index (κ1) is 8.76. The molecule has 1 aliphatic carbocycles. The maximum Gasteiger partial charge on any atom is 0.0208 e. The predicted molar refractivity (Wildman–Crippen MR) is 54.4 cm³/mol. The lowest BCUT2D eigenvalue weighted by atomic mass is 10.1. The number of aryl methyl sites for hydroxylation is 1. The molecule has 2 rings (SSSR count). The quantitative estimate of drug-likeness (QED) is 0.738. The predicted octanol–water partition coefficient (Wildman–Crippen LogP) is 2.29. The smallest absolute Gasteiger partial charge is 0.0208 e. The zero-order chi connectivity index (χ0) is 9.10. The van der Waals surface area contributed by atoms with Gasteiger partial charge in [-0.1, -0.05) is 18.2 Å². The summed E-state index contributed by atoms with van der Waals surface area (Å²) in [6.07, 6.45) is 2.85. The van der Waals surface area contributed by atoms with E-state index in [1.165, 1.54) is 30.5 Å². The molecular weight excluding hydrogens is 158 g/mol. The minimum atomic E-state index is 0.968. The minimum Gasteiger partial charge on any atom is -0.312 e. The van der Waals surface area contributed by atoms with Gasteiger partial charge in [-0.15, -0.1) is 0 Å². The van der Waals surface area contributed by atoms with Gasteiger partial charge in [0.2, 0.25) is 0 Å². The van der Waals surface area contributed by atoms with Crippen molar-refractivity contribution < 1.29 is 0 Å². The summed E-state index contributed by atoms with van der Waals surface area (Å²) in [5.74, 6) is 0.968. The van der Waals surface area contributed by atoms with Gasteiger partial charge in [-0.25, -0.2) is 0 Å². The average Bonchev–Trinajstić information content (AvgIpc) is 2.92. The zero-order valence-electron chi connectivity index (χ0n) is 8.14. The third-order valence-corrected chi connectivity index (χ3v) is 2.63. The van der Waals surface area contributed by atoms with Crippen LogP contribution in [0.15, 0.2) is 18.2 Å². The molecule has 0 atom stereocenters. The highest BCUT2D eigenvalue weighted by Crippen LogP contribution is 2.27. The highest BCUT2D eigenvalue weighted by molar-refractivity contribution is 5.24. The van der Waals surface area contributed by atoms with Gasteiger partial charge >= 0.3 is 0 Å². The Hall–Kier alpha value is -0.820. The monoisotopic (exact) mass is 174 g/mol. The van der Waals surface area contributed by atoms with E-state index in [1.807, 2.05) is 12.1 Å². The van der Waals surface area contributed by atoms with Crippen LogP contribution in [0.2, 0.25) is 0 Å². The van der Waals surface area contributed by atoms with E-state index in [0.717, 1.165) is 12.5 Å². The molecule has 0 aromatic heterocycles. The van der Waals surface area contributed by atoms with Crippen LogP contribution in [-0.4, -0.2) is 6.54 Å². The second kappa shape index (κ2) is 3.93. The zero-order valence-corrected chi connectivity index (χ0v) is 8.14. The molecule has 0 heterocycles. The number of rotatable bonds is 4. The number of benzene rings is 1. The Kier molecular flexibility index (Phi) is 2.65. The normalized spacial score (nSPS) is 16.1. The van der Waals surface area contributed by atoms with E-state index in [-0.39, 0.29) is 0 Å². The van der Waals surface area contributed by atoms with E-state index in [1.54, 1.807) is 0 Å². The molecule has 69 valence electrons.